The van der Waals surface area contributed by atoms with Crippen molar-refractivity contribution in [2.75, 3.05) is 9.80 Å². The predicted octanol–water partition coefficient (Wildman–Crippen LogP) is 20.9. The summed E-state index contributed by atoms with van der Waals surface area (Å²) >= 11 is 0. The van der Waals surface area contributed by atoms with Gasteiger partial charge >= 0.3 is 0 Å². The summed E-state index contributed by atoms with van der Waals surface area (Å²) in [6, 6.07) is 65.8. The number of hydrogen-bond donors (Lipinski definition) is 0. The standard InChI is InChI=1S/C94H63B2N3O2/c1-94(2,3)67-54-77-85-78(55-67)99(91-70(62-37-19-8-20-38-62)46-28-47-71(91)63-39-21-9-22-40-63)79-57-80-87-93(86(79)95(85)74-50-49-65(58-29-11-4-12-30-58)51-76(74)98(77)90-68(60-33-15-6-16-34-60)44-27-45-69(90)61-35-17-7-18-36-61)101-82-53-66(59-31-13-5-14-32-59)52-81-88(82)96(87)89-83(100-81)56-73(64-41-23-10-24-42-64)84-72-43-25-26-48-75(72)97(80)92(84)89/h4-57H,1-3H3/i4D,11D,12D,25D,26D,29D,30D,43D,48D,49D,50D,51D,52D,53D,56D,57D. The maximum atomic E-state index is 12.3. The van der Waals surface area contributed by atoms with Gasteiger partial charge in [0.1, 0.15) is 23.0 Å². The van der Waals surface area contributed by atoms with E-state index < -0.39 is 102 Å². The van der Waals surface area contributed by atoms with Crippen LogP contribution in [0.15, 0.2) is 327 Å². The van der Waals surface area contributed by atoms with Crippen LogP contribution in [0.3, 0.4) is 0 Å². The molecular weight excluding hydrogens is 1220 g/mol. The lowest BCUT2D eigenvalue weighted by molar-refractivity contribution is 0.466. The number of nitrogens with zero attached hydrogens (tertiary/aromatic N) is 3. The van der Waals surface area contributed by atoms with Crippen molar-refractivity contribution in [1.82, 2.24) is 4.57 Å². The van der Waals surface area contributed by atoms with Gasteiger partial charge in [0.2, 0.25) is 0 Å². The molecular formula is C94H63B2N3O2. The van der Waals surface area contributed by atoms with Crippen LogP contribution in [0.5, 0.6) is 23.0 Å². The van der Waals surface area contributed by atoms with E-state index in [1.165, 1.54) is 0 Å². The summed E-state index contributed by atoms with van der Waals surface area (Å²) in [5, 5.41) is 0.321. The molecule has 5 aliphatic heterocycles. The Balaban J connectivity index is 1.04. The van der Waals surface area contributed by atoms with Gasteiger partial charge in [0.05, 0.1) is 44.3 Å². The summed E-state index contributed by atoms with van der Waals surface area (Å²) in [4.78, 5) is 4.07. The Bertz CT molecular complexity index is 6990. The average Bonchev–Trinajstić information content (AvgIpc) is 1.62. The number of aromatic nitrogens is 1. The van der Waals surface area contributed by atoms with Crippen molar-refractivity contribution in [2.45, 2.75) is 26.2 Å². The molecule has 0 saturated heterocycles. The summed E-state index contributed by atoms with van der Waals surface area (Å²) in [5.74, 6) is -0.0920. The number of fused-ring (bicyclic) bond motifs is 9. The van der Waals surface area contributed by atoms with Crippen LogP contribution < -0.4 is 52.1 Å². The van der Waals surface area contributed by atoms with Crippen molar-refractivity contribution in [3.63, 3.8) is 0 Å². The molecule has 16 aromatic rings. The molecule has 5 aliphatic rings. The molecule has 6 heterocycles. The monoisotopic (exact) mass is 1300 g/mol. The van der Waals surface area contributed by atoms with Crippen LogP contribution in [0, 0.1) is 0 Å². The van der Waals surface area contributed by atoms with Crippen LogP contribution in [0.25, 0.3) is 105 Å². The van der Waals surface area contributed by atoms with Gasteiger partial charge < -0.3 is 23.8 Å². The number of anilines is 6. The zero-order chi connectivity index (χ0) is 80.7. The Morgan fingerprint density at radius 3 is 1.36 bits per heavy atom. The van der Waals surface area contributed by atoms with E-state index in [0.29, 0.717) is 67.1 Å². The van der Waals surface area contributed by atoms with Crippen molar-refractivity contribution in [1.29, 1.82) is 0 Å². The minimum absolute atomic E-state index is 0.0108. The fourth-order valence-corrected chi connectivity index (χ4v) is 16.3. The molecule has 15 aromatic carbocycles. The third-order valence-corrected chi connectivity index (χ3v) is 20.6. The summed E-state index contributed by atoms with van der Waals surface area (Å²) in [6.45, 7) is 3.60. The topological polar surface area (TPSA) is 29.9 Å². The second-order valence-electron chi connectivity index (χ2n) is 27.2. The molecule has 5 nitrogen and oxygen atoms in total. The number of benzene rings is 15. The van der Waals surface area contributed by atoms with E-state index >= 15 is 0 Å². The van der Waals surface area contributed by atoms with E-state index in [-0.39, 0.29) is 119 Å². The van der Waals surface area contributed by atoms with Gasteiger partial charge in [-0.1, -0.05) is 300 Å². The normalized spacial score (nSPS) is 15.4. The highest BCUT2D eigenvalue weighted by Gasteiger charge is 2.54. The Morgan fingerprint density at radius 1 is 0.337 bits per heavy atom. The van der Waals surface area contributed by atoms with Crippen LogP contribution in [0.4, 0.5) is 34.1 Å². The summed E-state index contributed by atoms with van der Waals surface area (Å²) in [6.07, 6.45) is 0. The Kier molecular flexibility index (Phi) is 9.50. The third-order valence-electron chi connectivity index (χ3n) is 20.6. The number of para-hydroxylation sites is 3. The highest BCUT2D eigenvalue weighted by atomic mass is 16.5. The zero-order valence-electron chi connectivity index (χ0n) is 70.8. The molecule has 0 aliphatic carbocycles. The van der Waals surface area contributed by atoms with Crippen LogP contribution in [-0.2, 0) is 5.41 Å². The fourth-order valence-electron chi connectivity index (χ4n) is 16.3. The van der Waals surface area contributed by atoms with E-state index in [0.717, 1.165) is 27.8 Å². The Morgan fingerprint density at radius 2 is 0.812 bits per heavy atom. The third kappa shape index (κ3) is 8.53. The van der Waals surface area contributed by atoms with Gasteiger partial charge in [0.15, 0.2) is 0 Å². The van der Waals surface area contributed by atoms with Crippen molar-refractivity contribution >= 4 is 102 Å². The van der Waals surface area contributed by atoms with Gasteiger partial charge in [0.25, 0.3) is 13.4 Å². The second kappa shape index (κ2) is 22.0. The lowest BCUT2D eigenvalue weighted by Crippen LogP contribution is -2.66. The first-order valence-electron chi connectivity index (χ1n) is 41.9. The zero-order valence-corrected chi connectivity index (χ0v) is 54.8. The molecule has 1 aromatic heterocycles. The van der Waals surface area contributed by atoms with Gasteiger partial charge in [-0.25, -0.2) is 0 Å². The lowest BCUT2D eigenvalue weighted by Gasteiger charge is -2.48. The van der Waals surface area contributed by atoms with Crippen LogP contribution in [-0.4, -0.2) is 18.0 Å². The molecule has 7 heteroatoms. The molecule has 0 atom stereocenters. The van der Waals surface area contributed by atoms with Crippen molar-refractivity contribution in [3.8, 4) is 107 Å². The average molecular weight is 1300 g/mol. The highest BCUT2D eigenvalue weighted by molar-refractivity contribution is 7.04. The number of ether oxygens (including phenoxy) is 2. The van der Waals surface area contributed by atoms with Crippen molar-refractivity contribution in [2.24, 2.45) is 0 Å². The molecule has 101 heavy (non-hydrogen) atoms. The maximum absolute atomic E-state index is 12.3. The molecule has 0 amide bonds. The molecule has 0 bridgehead atoms. The first-order valence-corrected chi connectivity index (χ1v) is 33.9. The minimum atomic E-state index is -1.44. The minimum Gasteiger partial charge on any atom is -0.459 e. The van der Waals surface area contributed by atoms with Gasteiger partial charge in [-0.15, -0.1) is 0 Å². The SMILES string of the molecule is [2H]c1c([2H])c([2H])c(-c2c([2H])c([2H])c3c(c2[2H])N(c2c(-c4ccccc4)cccc2-c2ccccc2)c2cc(C(C)(C)C)cc4c2B3c2c3c5c(c([2H])c2N4c2c(-c4ccccc4)cccc2-c2ccccc2)-n2c4c([2H])c([2H])c([2H])c([2H])c4c4c(-c6ccccc6)c([2H])c6c(c42)B5c2c(c([2H])c(-c4ccccc4)c([2H])c2O6)O3)c([2H])c1[2H]. The second-order valence-corrected chi connectivity index (χ2v) is 27.2. The predicted molar refractivity (Wildman–Crippen MR) is 423 cm³/mol. The summed E-state index contributed by atoms with van der Waals surface area (Å²) in [7, 11) is 0. The first kappa shape index (κ1) is 43.7. The van der Waals surface area contributed by atoms with E-state index in [9.17, 15) is 20.6 Å². The van der Waals surface area contributed by atoms with Gasteiger partial charge in [-0.05, 0) is 142 Å². The smallest absolute Gasteiger partial charge is 0.266 e. The van der Waals surface area contributed by atoms with Gasteiger partial charge in [0, 0.05) is 66.9 Å². The van der Waals surface area contributed by atoms with E-state index in [2.05, 4.69) is 37.8 Å². The molecule has 21 rings (SSSR count). The largest absolute Gasteiger partial charge is 0.459 e. The summed E-state index contributed by atoms with van der Waals surface area (Å²) in [5.41, 5.74) is 10.1. The van der Waals surface area contributed by atoms with Crippen molar-refractivity contribution < 1.29 is 31.4 Å². The molecule has 0 spiro atoms. The number of rotatable bonds is 9. The Hall–Kier alpha value is -12.6. The molecule has 0 radical (unpaired) electrons. The van der Waals surface area contributed by atoms with Crippen LogP contribution >= 0.6 is 0 Å². The van der Waals surface area contributed by atoms with Crippen LogP contribution in [0.2, 0.25) is 0 Å². The highest BCUT2D eigenvalue weighted by Crippen LogP contribution is 2.57. The van der Waals surface area contributed by atoms with E-state index in [4.69, 9.17) is 10.8 Å². The lowest BCUT2D eigenvalue weighted by atomic mass is 9.29. The Labute approximate surface area is 610 Å². The fraction of sp³-hybridized carbons (Fsp3) is 0.0426. The van der Waals surface area contributed by atoms with Gasteiger partial charge in [-0.2, -0.15) is 0 Å². The molecule has 0 fully saturated rings. The van der Waals surface area contributed by atoms with Gasteiger partial charge in [-0.3, -0.25) is 0 Å². The van der Waals surface area contributed by atoms with E-state index in [1.807, 2.05) is 199 Å². The van der Waals surface area contributed by atoms with E-state index in [1.54, 1.807) is 28.8 Å². The van der Waals surface area contributed by atoms with Crippen LogP contribution in [0.1, 0.15) is 48.3 Å². The first-order chi connectivity index (χ1) is 56.5. The number of hydrogen-bond acceptors (Lipinski definition) is 4. The quantitative estimate of drug-likeness (QED) is 0.135. The molecule has 0 N–H and O–H groups in total. The summed E-state index contributed by atoms with van der Waals surface area (Å²) < 4.78 is 182. The van der Waals surface area contributed by atoms with Crippen molar-refractivity contribution in [3.05, 3.63) is 333 Å². The molecule has 0 saturated carbocycles. The molecule has 472 valence electrons. The molecule has 0 unspecified atom stereocenters. The maximum Gasteiger partial charge on any atom is 0.266 e.